The number of rotatable bonds is 1. The Morgan fingerprint density at radius 3 is 2.00 bits per heavy atom. The van der Waals surface area contributed by atoms with E-state index in [1.807, 2.05) is 0 Å². The van der Waals surface area contributed by atoms with Gasteiger partial charge in [0.15, 0.2) is 0 Å². The molecule has 0 spiro atoms. The van der Waals surface area contributed by atoms with Gasteiger partial charge in [0.05, 0.1) is 0 Å². The molecule has 1 nitrogen and oxygen atoms in total. The molecule has 0 aliphatic rings. The summed E-state index contributed by atoms with van der Waals surface area (Å²) >= 11 is 0. The van der Waals surface area contributed by atoms with E-state index in [9.17, 15) is 4.79 Å². The van der Waals surface area contributed by atoms with Gasteiger partial charge in [-0.15, -0.1) is 0 Å². The summed E-state index contributed by atoms with van der Waals surface area (Å²) in [7, 11) is 1.29. The lowest BCUT2D eigenvalue weighted by molar-refractivity contribution is -0.107. The van der Waals surface area contributed by atoms with Crippen LogP contribution in [0.1, 0.15) is 0 Å². The minimum Gasteiger partial charge on any atom is -1.00 e. The molecule has 0 aliphatic heterocycles. The van der Waals surface area contributed by atoms with Crippen molar-refractivity contribution in [3.05, 3.63) is 12.7 Å². The molecule has 6 heavy (non-hydrogen) atoms. The topological polar surface area (TPSA) is 17.1 Å². The standard InChI is InChI=1S/C3H5OP.ClH/c1-2-3(4)5;/h2H,1,5H2;1H. The van der Waals surface area contributed by atoms with Crippen molar-refractivity contribution in [2.75, 3.05) is 0 Å². The molecule has 0 aliphatic carbocycles. The van der Waals surface area contributed by atoms with Crippen molar-refractivity contribution in [3.8, 4) is 0 Å². The van der Waals surface area contributed by atoms with Gasteiger partial charge in [-0.05, 0) is 0 Å². The lowest BCUT2D eigenvalue weighted by atomic mass is 10.7. The zero-order chi connectivity index (χ0) is 4.28. The summed E-state index contributed by atoms with van der Waals surface area (Å²) in [6.07, 6.45) is 1.29. The second-order valence-corrected chi connectivity index (χ2v) is 1.37. The smallest absolute Gasteiger partial charge is 0.282 e. The SMILES string of the molecule is C=CC(=O)[PH3+].[Cl-]. The second-order valence-electron chi connectivity index (χ2n) is 0.670. The van der Waals surface area contributed by atoms with Crippen LogP contribution >= 0.6 is 9.24 Å². The maximum atomic E-state index is 9.71. The van der Waals surface area contributed by atoms with Crippen molar-refractivity contribution in [1.82, 2.24) is 0 Å². The van der Waals surface area contributed by atoms with Gasteiger partial charge >= 0.3 is 0 Å². The lowest BCUT2D eigenvalue weighted by Crippen LogP contribution is -3.00. The molecule has 0 rings (SSSR count). The highest BCUT2D eigenvalue weighted by molar-refractivity contribution is 7.40. The third-order valence-electron chi connectivity index (χ3n) is 0.228. The first-order chi connectivity index (χ1) is 2.27. The fourth-order valence-electron chi connectivity index (χ4n) is 0. The van der Waals surface area contributed by atoms with Crippen LogP contribution < -0.4 is 12.4 Å². The van der Waals surface area contributed by atoms with Crippen LogP contribution in [-0.4, -0.2) is 5.52 Å². The molecule has 3 heteroatoms. The van der Waals surface area contributed by atoms with Gasteiger partial charge in [0, 0.05) is 15.3 Å². The average Bonchev–Trinajstić information content (AvgIpc) is 1.38. The largest absolute Gasteiger partial charge is 1.00 e. The van der Waals surface area contributed by atoms with Gasteiger partial charge in [0.2, 0.25) is 0 Å². The molecule has 0 fully saturated rings. The minimum atomic E-state index is 0. The van der Waals surface area contributed by atoms with Crippen molar-refractivity contribution in [2.24, 2.45) is 0 Å². The van der Waals surface area contributed by atoms with Gasteiger partial charge in [-0.1, -0.05) is 6.58 Å². The number of carbonyl (C=O) groups excluding carboxylic acids is 1. The highest BCUT2D eigenvalue weighted by atomic mass is 35.5. The second kappa shape index (κ2) is 5.13. The molecule has 0 amide bonds. The molecule has 1 atom stereocenters. The van der Waals surface area contributed by atoms with Gasteiger partial charge in [-0.2, -0.15) is 0 Å². The van der Waals surface area contributed by atoms with Crippen molar-refractivity contribution in [2.45, 2.75) is 0 Å². The molecule has 36 valence electrons. The molecular formula is C3H6ClOP. The van der Waals surface area contributed by atoms with Gasteiger partial charge in [0.25, 0.3) is 5.52 Å². The molecule has 0 saturated heterocycles. The van der Waals surface area contributed by atoms with Gasteiger partial charge in [0.1, 0.15) is 0 Å². The highest BCUT2D eigenvalue weighted by Gasteiger charge is 1.78. The first-order valence-corrected chi connectivity index (χ1v) is 1.96. The molecule has 0 N–H and O–H groups in total. The van der Waals surface area contributed by atoms with Crippen LogP contribution in [0.15, 0.2) is 12.7 Å². The van der Waals surface area contributed by atoms with Crippen LogP contribution in [0.5, 0.6) is 0 Å². The summed E-state index contributed by atoms with van der Waals surface area (Å²) in [6.45, 7) is 3.22. The maximum absolute atomic E-state index is 9.71. The van der Waals surface area contributed by atoms with Crippen LogP contribution in [0.4, 0.5) is 0 Å². The normalized spacial score (nSPS) is 6.00. The summed E-state index contributed by atoms with van der Waals surface area (Å²) in [4.78, 5) is 9.71. The monoisotopic (exact) mass is 124 g/mol. The van der Waals surface area contributed by atoms with Crippen LogP contribution in [0.2, 0.25) is 0 Å². The fraction of sp³-hybridized carbons (Fsp3) is 0. The molecule has 0 aromatic carbocycles. The predicted octanol–water partition coefficient (Wildman–Crippen LogP) is -2.69. The first-order valence-electron chi connectivity index (χ1n) is 1.25. The Morgan fingerprint density at radius 2 is 2.00 bits per heavy atom. The number of carbonyl (C=O) groups is 1. The molecular weight excluding hydrogens is 118 g/mol. The Morgan fingerprint density at radius 1 is 1.83 bits per heavy atom. The number of allylic oxidation sites excluding steroid dienone is 1. The Hall–Kier alpha value is 0.130. The van der Waals surface area contributed by atoms with E-state index >= 15 is 0 Å². The van der Waals surface area contributed by atoms with E-state index in [1.165, 1.54) is 15.3 Å². The number of hydrogen-bond donors (Lipinski definition) is 0. The Balaban J connectivity index is 0. The van der Waals surface area contributed by atoms with E-state index in [0.717, 1.165) is 0 Å². The fourth-order valence-corrected chi connectivity index (χ4v) is 0. The van der Waals surface area contributed by atoms with Crippen molar-refractivity contribution in [3.63, 3.8) is 0 Å². The molecule has 1 unspecified atom stereocenters. The number of halogens is 1. The Kier molecular flexibility index (Phi) is 8.09. The Labute approximate surface area is 45.4 Å². The quantitative estimate of drug-likeness (QED) is 0.275. The molecule has 0 aromatic rings. The van der Waals surface area contributed by atoms with Crippen molar-refractivity contribution >= 4 is 14.8 Å². The minimum absolute atomic E-state index is 0. The van der Waals surface area contributed by atoms with E-state index in [2.05, 4.69) is 6.58 Å². The summed E-state index contributed by atoms with van der Waals surface area (Å²) in [6, 6.07) is 0. The van der Waals surface area contributed by atoms with Crippen LogP contribution in [0.3, 0.4) is 0 Å². The molecule has 0 bridgehead atoms. The van der Waals surface area contributed by atoms with Crippen LogP contribution in [0.25, 0.3) is 0 Å². The zero-order valence-electron chi connectivity index (χ0n) is 3.28. The third kappa shape index (κ3) is 8.92. The summed E-state index contributed by atoms with van der Waals surface area (Å²) < 4.78 is 0. The van der Waals surface area contributed by atoms with Gasteiger partial charge in [-0.25, -0.2) is 4.79 Å². The molecule has 0 aromatic heterocycles. The van der Waals surface area contributed by atoms with Crippen molar-refractivity contribution in [1.29, 1.82) is 0 Å². The van der Waals surface area contributed by atoms with E-state index < -0.39 is 0 Å². The summed E-state index contributed by atoms with van der Waals surface area (Å²) in [5.74, 6) is 0. The van der Waals surface area contributed by atoms with Crippen LogP contribution in [0, 0.1) is 0 Å². The van der Waals surface area contributed by atoms with Crippen molar-refractivity contribution < 1.29 is 17.2 Å². The zero-order valence-corrected chi connectivity index (χ0v) is 5.45. The predicted molar refractivity (Wildman–Crippen MR) is 26.3 cm³/mol. The highest BCUT2D eigenvalue weighted by Crippen LogP contribution is 1.80. The molecule has 0 radical (unpaired) electrons. The lowest BCUT2D eigenvalue weighted by Gasteiger charge is -1.55. The third-order valence-corrected chi connectivity index (χ3v) is 0.516. The summed E-state index contributed by atoms with van der Waals surface area (Å²) in [5.41, 5.74) is 0.0463. The Bertz CT molecular complexity index is 61.8. The molecule has 0 heterocycles. The van der Waals surface area contributed by atoms with Gasteiger partial charge in [-0.3, -0.25) is 0 Å². The summed E-state index contributed by atoms with van der Waals surface area (Å²) in [5, 5.41) is 0. The maximum Gasteiger partial charge on any atom is 0.282 e. The van der Waals surface area contributed by atoms with E-state index in [-0.39, 0.29) is 17.9 Å². The van der Waals surface area contributed by atoms with Gasteiger partial charge < -0.3 is 12.4 Å². The van der Waals surface area contributed by atoms with E-state index in [1.54, 1.807) is 0 Å². The van der Waals surface area contributed by atoms with E-state index in [4.69, 9.17) is 0 Å². The molecule has 0 saturated carbocycles. The number of hydrogen-bond acceptors (Lipinski definition) is 1. The van der Waals surface area contributed by atoms with E-state index in [0.29, 0.717) is 0 Å². The first kappa shape index (κ1) is 9.46. The average molecular weight is 125 g/mol. The van der Waals surface area contributed by atoms with Crippen LogP contribution in [-0.2, 0) is 4.79 Å².